The zero-order valence-corrected chi connectivity index (χ0v) is 22.4. The zero-order valence-electron chi connectivity index (χ0n) is 22.4. The number of Topliss-reactive ketones (excluding diaryl/α,β-unsaturated/α-hetero) is 2. The van der Waals surface area contributed by atoms with Gasteiger partial charge < -0.3 is 14.5 Å². The van der Waals surface area contributed by atoms with Gasteiger partial charge in [-0.05, 0) is 24.7 Å². The van der Waals surface area contributed by atoms with Gasteiger partial charge in [-0.25, -0.2) is 4.79 Å². The summed E-state index contributed by atoms with van der Waals surface area (Å²) in [5.74, 6) is -1.09. The van der Waals surface area contributed by atoms with Crippen LogP contribution < -0.4 is 0 Å². The predicted molar refractivity (Wildman–Crippen MR) is 144 cm³/mol. The molecule has 0 radical (unpaired) electrons. The maximum Gasteiger partial charge on any atom is 0.409 e. The van der Waals surface area contributed by atoms with Crippen LogP contribution in [0.1, 0.15) is 33.6 Å². The summed E-state index contributed by atoms with van der Waals surface area (Å²) in [5.41, 5.74) is 1.22. The van der Waals surface area contributed by atoms with Gasteiger partial charge in [-0.2, -0.15) is 0 Å². The Bertz CT molecular complexity index is 1070. The van der Waals surface area contributed by atoms with Crippen LogP contribution in [0.5, 0.6) is 0 Å². The molecule has 2 saturated heterocycles. The van der Waals surface area contributed by atoms with Crippen molar-refractivity contribution < 1.29 is 23.9 Å². The lowest BCUT2D eigenvalue weighted by molar-refractivity contribution is -0.131. The van der Waals surface area contributed by atoms with E-state index in [0.717, 1.165) is 0 Å². The molecule has 8 nitrogen and oxygen atoms in total. The summed E-state index contributed by atoms with van der Waals surface area (Å²) >= 11 is 0. The molecule has 0 saturated carbocycles. The van der Waals surface area contributed by atoms with Crippen molar-refractivity contribution in [2.75, 3.05) is 53.9 Å². The third kappa shape index (κ3) is 6.13. The van der Waals surface area contributed by atoms with Gasteiger partial charge in [0.15, 0.2) is 11.6 Å². The summed E-state index contributed by atoms with van der Waals surface area (Å²) in [4.78, 5) is 58.0. The highest BCUT2D eigenvalue weighted by Gasteiger charge is 2.48. The minimum Gasteiger partial charge on any atom is -0.453 e. The van der Waals surface area contributed by atoms with E-state index >= 15 is 0 Å². The zero-order chi connectivity index (χ0) is 27.2. The number of ether oxygens (including phenoxy) is 1. The van der Waals surface area contributed by atoms with E-state index in [4.69, 9.17) is 4.74 Å². The molecule has 0 spiro atoms. The Labute approximate surface area is 224 Å². The molecule has 2 heterocycles. The van der Waals surface area contributed by atoms with E-state index < -0.39 is 11.8 Å². The highest BCUT2D eigenvalue weighted by atomic mass is 16.5. The predicted octanol–water partition coefficient (Wildman–Crippen LogP) is 3.48. The first kappa shape index (κ1) is 27.5. The van der Waals surface area contributed by atoms with Crippen LogP contribution in [0.2, 0.25) is 0 Å². The van der Waals surface area contributed by atoms with Crippen LogP contribution in [0.15, 0.2) is 60.7 Å². The molecule has 8 heteroatoms. The molecule has 1 unspecified atom stereocenters. The lowest BCUT2D eigenvalue weighted by Crippen LogP contribution is -2.56. The maximum absolute atomic E-state index is 14.0. The number of nitrogens with zero attached hydrogens (tertiary/aromatic N) is 3. The van der Waals surface area contributed by atoms with E-state index in [-0.39, 0.29) is 41.9 Å². The SMILES string of the molecule is COC(=O)N1CCC(C2[C@@H](C(=O)c3ccccc3)CN(CC(=O)N(C)C)C[C@H]2C(=O)c2ccccc2)CC1. The molecule has 2 aliphatic heterocycles. The fourth-order valence-corrected chi connectivity index (χ4v) is 6.02. The number of likely N-dealkylation sites (N-methyl/N-ethyl adjacent to an activating group) is 1. The van der Waals surface area contributed by atoms with Crippen molar-refractivity contribution in [2.45, 2.75) is 12.8 Å². The van der Waals surface area contributed by atoms with Crippen molar-refractivity contribution in [3.05, 3.63) is 71.8 Å². The topological polar surface area (TPSA) is 87.2 Å². The second kappa shape index (κ2) is 12.3. The van der Waals surface area contributed by atoms with Crippen molar-refractivity contribution >= 4 is 23.6 Å². The van der Waals surface area contributed by atoms with Gasteiger partial charge in [0.05, 0.1) is 13.7 Å². The number of methoxy groups -OCH3 is 1. The first-order chi connectivity index (χ1) is 18.3. The van der Waals surface area contributed by atoms with E-state index in [1.807, 2.05) is 65.6 Å². The number of hydrogen-bond acceptors (Lipinski definition) is 6. The molecule has 2 aromatic rings. The molecule has 2 aliphatic rings. The van der Waals surface area contributed by atoms with Crippen LogP contribution in [-0.4, -0.2) is 92.2 Å². The number of amides is 2. The van der Waals surface area contributed by atoms with E-state index in [0.29, 0.717) is 50.1 Å². The van der Waals surface area contributed by atoms with Crippen molar-refractivity contribution in [2.24, 2.45) is 23.7 Å². The Morgan fingerprint density at radius 1 is 0.816 bits per heavy atom. The molecule has 2 fully saturated rings. The van der Waals surface area contributed by atoms with Gasteiger partial charge in [0.2, 0.25) is 5.91 Å². The number of piperidine rings is 2. The number of benzene rings is 2. The monoisotopic (exact) mass is 519 g/mol. The molecule has 0 aliphatic carbocycles. The van der Waals surface area contributed by atoms with Crippen LogP contribution >= 0.6 is 0 Å². The van der Waals surface area contributed by atoms with Crippen LogP contribution in [0, 0.1) is 23.7 Å². The Hall–Kier alpha value is -3.52. The van der Waals surface area contributed by atoms with Gasteiger partial charge in [0.1, 0.15) is 0 Å². The quantitative estimate of drug-likeness (QED) is 0.521. The largest absolute Gasteiger partial charge is 0.453 e. The number of carbonyl (C=O) groups excluding carboxylic acids is 4. The second-order valence-electron chi connectivity index (χ2n) is 10.5. The average molecular weight is 520 g/mol. The molecule has 3 atom stereocenters. The van der Waals surface area contributed by atoms with Crippen molar-refractivity contribution in [3.8, 4) is 0 Å². The van der Waals surface area contributed by atoms with Gasteiger partial charge in [-0.15, -0.1) is 0 Å². The van der Waals surface area contributed by atoms with Crippen LogP contribution in [-0.2, 0) is 9.53 Å². The van der Waals surface area contributed by atoms with Gasteiger partial charge in [-0.3, -0.25) is 19.3 Å². The summed E-state index contributed by atoms with van der Waals surface area (Å²) in [6.45, 7) is 2.02. The highest BCUT2D eigenvalue weighted by Crippen LogP contribution is 2.42. The van der Waals surface area contributed by atoms with Crippen LogP contribution in [0.3, 0.4) is 0 Å². The summed E-state index contributed by atoms with van der Waals surface area (Å²) in [6.07, 6.45) is 1.02. The molecule has 2 amide bonds. The number of likely N-dealkylation sites (tertiary alicyclic amines) is 2. The fraction of sp³-hybridized carbons (Fsp3) is 0.467. The third-order valence-corrected chi connectivity index (χ3v) is 8.00. The fourth-order valence-electron chi connectivity index (χ4n) is 6.02. The van der Waals surface area contributed by atoms with E-state index in [9.17, 15) is 19.2 Å². The van der Waals surface area contributed by atoms with Crippen LogP contribution in [0.25, 0.3) is 0 Å². The minimum atomic E-state index is -0.451. The summed E-state index contributed by atoms with van der Waals surface area (Å²) in [5, 5.41) is 0. The van der Waals surface area contributed by atoms with Gasteiger partial charge in [0.25, 0.3) is 0 Å². The molecule has 0 N–H and O–H groups in total. The van der Waals surface area contributed by atoms with Gasteiger partial charge in [-0.1, -0.05) is 60.7 Å². The molecule has 2 aromatic carbocycles. The summed E-state index contributed by atoms with van der Waals surface area (Å²) in [7, 11) is 4.80. The second-order valence-corrected chi connectivity index (χ2v) is 10.5. The first-order valence-electron chi connectivity index (χ1n) is 13.2. The van der Waals surface area contributed by atoms with Crippen molar-refractivity contribution in [1.82, 2.24) is 14.7 Å². The molecule has 0 bridgehead atoms. The normalized spacial score (nSPS) is 22.5. The Morgan fingerprint density at radius 3 is 1.71 bits per heavy atom. The van der Waals surface area contributed by atoms with Gasteiger partial charge >= 0.3 is 6.09 Å². The molecule has 202 valence electrons. The van der Waals surface area contributed by atoms with Crippen molar-refractivity contribution in [3.63, 3.8) is 0 Å². The molecule has 4 rings (SSSR count). The lowest BCUT2D eigenvalue weighted by Gasteiger charge is -2.47. The Balaban J connectivity index is 1.71. The number of ketones is 2. The highest BCUT2D eigenvalue weighted by molar-refractivity contribution is 6.01. The molecular formula is C30H37N3O5. The smallest absolute Gasteiger partial charge is 0.409 e. The minimum absolute atomic E-state index is 0.00105. The van der Waals surface area contributed by atoms with Crippen molar-refractivity contribution in [1.29, 1.82) is 0 Å². The lowest BCUT2D eigenvalue weighted by atomic mass is 9.64. The van der Waals surface area contributed by atoms with E-state index in [1.54, 1.807) is 19.0 Å². The van der Waals surface area contributed by atoms with Gasteiger partial charge in [0, 0.05) is 63.2 Å². The van der Waals surface area contributed by atoms with E-state index in [2.05, 4.69) is 0 Å². The third-order valence-electron chi connectivity index (χ3n) is 8.00. The molecular weight excluding hydrogens is 482 g/mol. The molecule has 0 aromatic heterocycles. The summed E-state index contributed by atoms with van der Waals surface area (Å²) in [6, 6.07) is 18.4. The molecule has 38 heavy (non-hydrogen) atoms. The van der Waals surface area contributed by atoms with Crippen LogP contribution in [0.4, 0.5) is 4.79 Å². The maximum atomic E-state index is 14.0. The average Bonchev–Trinajstić information content (AvgIpc) is 2.96. The first-order valence-corrected chi connectivity index (χ1v) is 13.2. The standard InChI is InChI=1S/C30H37N3O5/c1-31(2)26(34)20-32-18-24(28(35)22-10-6-4-7-11-22)27(21-14-16-33(17-15-21)30(37)38-3)25(19-32)29(36)23-12-8-5-9-13-23/h4-13,21,24-25,27H,14-20H2,1-3H3/t24-,25+,27?. The number of rotatable bonds is 7. The van der Waals surface area contributed by atoms with E-state index in [1.165, 1.54) is 12.0 Å². The number of carbonyl (C=O) groups is 4. The summed E-state index contributed by atoms with van der Waals surface area (Å²) < 4.78 is 4.91. The Kier molecular flexibility index (Phi) is 8.94. The Morgan fingerprint density at radius 2 is 1.29 bits per heavy atom. The number of hydrogen-bond donors (Lipinski definition) is 0.